The third-order valence-corrected chi connectivity index (χ3v) is 4.42. The third-order valence-electron chi connectivity index (χ3n) is 3.22. The zero-order chi connectivity index (χ0) is 14.5. The summed E-state index contributed by atoms with van der Waals surface area (Å²) in [5.74, 6) is -2.48. The van der Waals surface area contributed by atoms with E-state index in [0.717, 1.165) is 6.42 Å². The van der Waals surface area contributed by atoms with Gasteiger partial charge in [0.15, 0.2) is 5.75 Å². The van der Waals surface area contributed by atoms with Crippen LogP contribution in [-0.4, -0.2) is 44.4 Å². The topological polar surface area (TPSA) is 110 Å². The van der Waals surface area contributed by atoms with Crippen molar-refractivity contribution in [3.63, 3.8) is 0 Å². The van der Waals surface area contributed by atoms with Crippen LogP contribution in [0.3, 0.4) is 0 Å². The van der Waals surface area contributed by atoms with Gasteiger partial charge in [-0.05, 0) is 25.2 Å². The molecule has 0 heterocycles. The number of sulfonamides is 1. The Bertz CT molecular complexity index is 440. The van der Waals surface area contributed by atoms with Crippen LogP contribution in [0.2, 0.25) is 0 Å². The molecule has 0 atom stereocenters. The van der Waals surface area contributed by atoms with Crippen LogP contribution in [0.15, 0.2) is 0 Å². The molecule has 110 valence electrons. The Balaban J connectivity index is 2.50. The van der Waals surface area contributed by atoms with E-state index in [-0.39, 0.29) is 19.6 Å². The predicted octanol–water partition coefficient (Wildman–Crippen LogP) is 0.114. The first kappa shape index (κ1) is 15.9. The number of nitrogens with one attached hydrogen (secondary N) is 1. The van der Waals surface area contributed by atoms with E-state index < -0.39 is 33.1 Å². The highest BCUT2D eigenvalue weighted by atomic mass is 32.2. The molecule has 7 nitrogen and oxygen atoms in total. The van der Waals surface area contributed by atoms with Gasteiger partial charge in [0.25, 0.3) is 0 Å². The number of carbonyl (C=O) groups excluding carboxylic acids is 1. The molecule has 8 heteroatoms. The third kappa shape index (κ3) is 5.15. The van der Waals surface area contributed by atoms with Crippen LogP contribution in [0, 0.1) is 5.41 Å². The van der Waals surface area contributed by atoms with Crippen LogP contribution in [0.25, 0.3) is 0 Å². The van der Waals surface area contributed by atoms with Gasteiger partial charge in [-0.1, -0.05) is 6.42 Å². The smallest absolute Gasteiger partial charge is 0.322 e. The predicted molar refractivity (Wildman–Crippen MR) is 67.0 cm³/mol. The van der Waals surface area contributed by atoms with Crippen molar-refractivity contribution in [3.8, 4) is 0 Å². The van der Waals surface area contributed by atoms with Gasteiger partial charge >= 0.3 is 11.9 Å². The van der Waals surface area contributed by atoms with Crippen molar-refractivity contribution in [1.29, 1.82) is 0 Å². The molecule has 1 aliphatic carbocycles. The molecule has 0 aromatic rings. The van der Waals surface area contributed by atoms with E-state index in [9.17, 15) is 18.0 Å². The quantitative estimate of drug-likeness (QED) is 0.615. The summed E-state index contributed by atoms with van der Waals surface area (Å²) >= 11 is 0. The fourth-order valence-corrected chi connectivity index (χ4v) is 3.11. The van der Waals surface area contributed by atoms with Crippen LogP contribution in [0.4, 0.5) is 0 Å². The van der Waals surface area contributed by atoms with Gasteiger partial charge in [0, 0.05) is 6.54 Å². The van der Waals surface area contributed by atoms with Crippen LogP contribution in [-0.2, 0) is 24.3 Å². The van der Waals surface area contributed by atoms with Gasteiger partial charge in [0.05, 0.1) is 13.0 Å². The second kappa shape index (κ2) is 6.33. The van der Waals surface area contributed by atoms with Crippen molar-refractivity contribution in [2.45, 2.75) is 32.6 Å². The molecular weight excluding hydrogens is 274 g/mol. The number of carboxylic acid groups (broad SMARTS) is 1. The standard InChI is InChI=1S/C11H19NO6S/c1-2-18-10(15)7-19(16,17)12-8-11(4-3-5-11)6-9(13)14/h12H,2-8H2,1H3,(H,13,14). The Morgan fingerprint density at radius 2 is 2.00 bits per heavy atom. The van der Waals surface area contributed by atoms with E-state index in [1.54, 1.807) is 6.92 Å². The van der Waals surface area contributed by atoms with Gasteiger partial charge < -0.3 is 9.84 Å². The minimum atomic E-state index is -3.77. The summed E-state index contributed by atoms with van der Waals surface area (Å²) in [6.07, 6.45) is 2.20. The summed E-state index contributed by atoms with van der Waals surface area (Å²) in [6.45, 7) is 1.77. The number of aliphatic carboxylic acids is 1. The maximum absolute atomic E-state index is 11.6. The molecule has 0 saturated heterocycles. The summed E-state index contributed by atoms with van der Waals surface area (Å²) < 4.78 is 30.1. The van der Waals surface area contributed by atoms with Crippen molar-refractivity contribution >= 4 is 22.0 Å². The molecule has 1 rings (SSSR count). The second-order valence-corrected chi connectivity index (χ2v) is 6.62. The average Bonchev–Trinajstić information content (AvgIpc) is 2.21. The molecule has 0 amide bonds. The second-order valence-electron chi connectivity index (χ2n) is 4.81. The van der Waals surface area contributed by atoms with Crippen molar-refractivity contribution in [2.75, 3.05) is 18.9 Å². The minimum absolute atomic E-state index is 0.0566. The lowest BCUT2D eigenvalue weighted by atomic mass is 9.67. The molecule has 0 unspecified atom stereocenters. The van der Waals surface area contributed by atoms with E-state index in [4.69, 9.17) is 5.11 Å². The van der Waals surface area contributed by atoms with Crippen molar-refractivity contribution in [1.82, 2.24) is 4.72 Å². The number of hydrogen-bond donors (Lipinski definition) is 2. The minimum Gasteiger partial charge on any atom is -0.481 e. The Hall–Kier alpha value is -1.15. The van der Waals surface area contributed by atoms with Gasteiger partial charge in [-0.3, -0.25) is 9.59 Å². The fraction of sp³-hybridized carbons (Fsp3) is 0.818. The van der Waals surface area contributed by atoms with Crippen molar-refractivity contribution < 1.29 is 27.9 Å². The zero-order valence-corrected chi connectivity index (χ0v) is 11.7. The summed E-state index contributed by atoms with van der Waals surface area (Å²) in [6, 6.07) is 0. The lowest BCUT2D eigenvalue weighted by Crippen LogP contribution is -2.44. The Kier molecular flexibility index (Phi) is 5.30. The first-order valence-corrected chi connectivity index (χ1v) is 7.79. The summed E-state index contributed by atoms with van der Waals surface area (Å²) in [7, 11) is -3.77. The summed E-state index contributed by atoms with van der Waals surface area (Å²) in [5, 5.41) is 8.81. The lowest BCUT2D eigenvalue weighted by Gasteiger charge is -2.40. The highest BCUT2D eigenvalue weighted by Crippen LogP contribution is 2.43. The highest BCUT2D eigenvalue weighted by Gasteiger charge is 2.39. The molecule has 1 saturated carbocycles. The lowest BCUT2D eigenvalue weighted by molar-refractivity contribution is -0.142. The van der Waals surface area contributed by atoms with E-state index >= 15 is 0 Å². The summed E-state index contributed by atoms with van der Waals surface area (Å²) in [5.41, 5.74) is -0.506. The molecule has 0 spiro atoms. The molecule has 1 aliphatic rings. The van der Waals surface area contributed by atoms with Gasteiger partial charge in [0.1, 0.15) is 0 Å². The molecule has 1 fully saturated rings. The van der Waals surface area contributed by atoms with E-state index in [1.807, 2.05) is 0 Å². The number of esters is 1. The van der Waals surface area contributed by atoms with E-state index in [1.165, 1.54) is 0 Å². The van der Waals surface area contributed by atoms with Gasteiger partial charge in [-0.15, -0.1) is 0 Å². The Morgan fingerprint density at radius 1 is 1.37 bits per heavy atom. The van der Waals surface area contributed by atoms with Gasteiger partial charge in [0.2, 0.25) is 10.0 Å². The molecule has 19 heavy (non-hydrogen) atoms. The molecule has 0 aromatic carbocycles. The molecule has 0 aromatic heterocycles. The zero-order valence-electron chi connectivity index (χ0n) is 10.8. The highest BCUT2D eigenvalue weighted by molar-refractivity contribution is 7.90. The normalized spacial score (nSPS) is 17.5. The van der Waals surface area contributed by atoms with Gasteiger partial charge in [-0.25, -0.2) is 13.1 Å². The SMILES string of the molecule is CCOC(=O)CS(=O)(=O)NCC1(CC(=O)O)CCC1. The number of carbonyl (C=O) groups is 2. The Labute approximate surface area is 112 Å². The van der Waals surface area contributed by atoms with Crippen molar-refractivity contribution in [3.05, 3.63) is 0 Å². The van der Waals surface area contributed by atoms with Gasteiger partial charge in [-0.2, -0.15) is 0 Å². The summed E-state index contributed by atoms with van der Waals surface area (Å²) in [4.78, 5) is 21.9. The molecule has 2 N–H and O–H groups in total. The maximum atomic E-state index is 11.6. The molecule has 0 aliphatic heterocycles. The number of carboxylic acids is 1. The van der Waals surface area contributed by atoms with Crippen LogP contribution in [0.5, 0.6) is 0 Å². The van der Waals surface area contributed by atoms with E-state index in [2.05, 4.69) is 9.46 Å². The Morgan fingerprint density at radius 3 is 2.42 bits per heavy atom. The van der Waals surface area contributed by atoms with Crippen LogP contribution in [0.1, 0.15) is 32.6 Å². The number of rotatable bonds is 8. The molecule has 0 bridgehead atoms. The van der Waals surface area contributed by atoms with Crippen molar-refractivity contribution in [2.24, 2.45) is 5.41 Å². The molecule has 0 radical (unpaired) electrons. The molecular formula is C11H19NO6S. The van der Waals surface area contributed by atoms with Crippen LogP contribution < -0.4 is 4.72 Å². The fourth-order valence-electron chi connectivity index (χ4n) is 2.09. The number of hydrogen-bond acceptors (Lipinski definition) is 5. The average molecular weight is 293 g/mol. The van der Waals surface area contributed by atoms with Crippen LogP contribution >= 0.6 is 0 Å². The van der Waals surface area contributed by atoms with E-state index in [0.29, 0.717) is 12.8 Å². The largest absolute Gasteiger partial charge is 0.481 e. The monoisotopic (exact) mass is 293 g/mol. The first-order valence-electron chi connectivity index (χ1n) is 6.13. The first-order chi connectivity index (χ1) is 8.79. The maximum Gasteiger partial charge on any atom is 0.322 e. The number of ether oxygens (including phenoxy) is 1.